The predicted octanol–water partition coefficient (Wildman–Crippen LogP) is 0.710. The number of aromatic nitrogens is 4. The smallest absolute Gasteiger partial charge is 0.272 e. The molecule has 0 aliphatic heterocycles. The summed E-state index contributed by atoms with van der Waals surface area (Å²) in [7, 11) is 1.84. The third kappa shape index (κ3) is 2.59. The number of hydrogen-bond acceptors (Lipinski definition) is 4. The number of carbonyl (C=O) groups is 1. The Balaban J connectivity index is 2.14. The highest BCUT2D eigenvalue weighted by atomic mass is 16.2. The van der Waals surface area contributed by atoms with Gasteiger partial charge in [-0.2, -0.15) is 10.2 Å². The van der Waals surface area contributed by atoms with E-state index in [0.29, 0.717) is 17.9 Å². The van der Waals surface area contributed by atoms with Crippen molar-refractivity contribution in [1.82, 2.24) is 24.9 Å². The molecule has 0 aromatic carbocycles. The van der Waals surface area contributed by atoms with Crippen LogP contribution in [0.25, 0.3) is 0 Å². The monoisotopic (exact) mass is 262 g/mol. The van der Waals surface area contributed by atoms with Crippen molar-refractivity contribution in [3.05, 3.63) is 29.8 Å². The first-order valence-corrected chi connectivity index (χ1v) is 6.13. The lowest BCUT2D eigenvalue weighted by atomic mass is 10.2. The van der Waals surface area contributed by atoms with Gasteiger partial charge in [0.15, 0.2) is 0 Å². The summed E-state index contributed by atoms with van der Waals surface area (Å²) in [6, 6.07) is -0.138. The highest BCUT2D eigenvalue weighted by Crippen LogP contribution is 2.15. The van der Waals surface area contributed by atoms with Gasteiger partial charge in [0, 0.05) is 25.4 Å². The summed E-state index contributed by atoms with van der Waals surface area (Å²) in [5.74, 6) is -0.229. The number of nitrogens with zero attached hydrogens (tertiary/aromatic N) is 4. The molecule has 102 valence electrons. The Morgan fingerprint density at radius 1 is 1.47 bits per heavy atom. The second-order valence-electron chi connectivity index (χ2n) is 4.41. The molecular weight excluding hydrogens is 244 g/mol. The van der Waals surface area contributed by atoms with Gasteiger partial charge in [0.1, 0.15) is 5.69 Å². The van der Waals surface area contributed by atoms with Gasteiger partial charge < -0.3 is 11.1 Å². The van der Waals surface area contributed by atoms with E-state index in [0.717, 1.165) is 5.56 Å². The van der Waals surface area contributed by atoms with E-state index in [1.807, 2.05) is 27.1 Å². The largest absolute Gasteiger partial charge is 0.396 e. The molecule has 2 rings (SSSR count). The van der Waals surface area contributed by atoms with Gasteiger partial charge in [0.25, 0.3) is 5.91 Å². The highest BCUT2D eigenvalue weighted by Gasteiger charge is 2.19. The maximum Gasteiger partial charge on any atom is 0.272 e. The van der Waals surface area contributed by atoms with Crippen LogP contribution in [0.4, 0.5) is 5.69 Å². The van der Waals surface area contributed by atoms with E-state index in [2.05, 4.69) is 15.5 Å². The number of nitrogens with two attached hydrogens (primary N) is 1. The van der Waals surface area contributed by atoms with Crippen molar-refractivity contribution in [2.75, 3.05) is 5.73 Å². The van der Waals surface area contributed by atoms with E-state index in [-0.39, 0.29) is 11.9 Å². The average molecular weight is 262 g/mol. The lowest BCUT2D eigenvalue weighted by Gasteiger charge is -2.13. The summed E-state index contributed by atoms with van der Waals surface area (Å²) >= 11 is 0. The van der Waals surface area contributed by atoms with Crippen molar-refractivity contribution in [2.24, 2.45) is 7.05 Å². The number of amides is 1. The van der Waals surface area contributed by atoms with Crippen LogP contribution in [0.1, 0.15) is 35.9 Å². The zero-order valence-electron chi connectivity index (χ0n) is 11.3. The summed E-state index contributed by atoms with van der Waals surface area (Å²) in [5.41, 5.74) is 7.51. The number of rotatable bonds is 4. The summed E-state index contributed by atoms with van der Waals surface area (Å²) in [5, 5.41) is 11.0. The molecule has 0 saturated carbocycles. The van der Waals surface area contributed by atoms with E-state index >= 15 is 0 Å². The maximum atomic E-state index is 12.2. The van der Waals surface area contributed by atoms with Crippen molar-refractivity contribution in [3.63, 3.8) is 0 Å². The van der Waals surface area contributed by atoms with E-state index in [4.69, 9.17) is 5.73 Å². The molecule has 0 radical (unpaired) electrons. The van der Waals surface area contributed by atoms with Crippen LogP contribution in [0.15, 0.2) is 18.6 Å². The van der Waals surface area contributed by atoms with Crippen molar-refractivity contribution in [3.8, 4) is 0 Å². The quantitative estimate of drug-likeness (QED) is 0.849. The molecule has 1 atom stereocenters. The van der Waals surface area contributed by atoms with Crippen LogP contribution in [0.2, 0.25) is 0 Å². The Labute approximate surface area is 111 Å². The van der Waals surface area contributed by atoms with Gasteiger partial charge in [-0.25, -0.2) is 0 Å². The van der Waals surface area contributed by atoms with Crippen molar-refractivity contribution in [2.45, 2.75) is 26.4 Å². The van der Waals surface area contributed by atoms with E-state index in [1.165, 1.54) is 6.20 Å². The van der Waals surface area contributed by atoms with Crippen molar-refractivity contribution in [1.29, 1.82) is 0 Å². The topological polar surface area (TPSA) is 90.8 Å². The van der Waals surface area contributed by atoms with Crippen molar-refractivity contribution < 1.29 is 4.79 Å². The normalized spacial score (nSPS) is 12.4. The first kappa shape index (κ1) is 13.1. The Morgan fingerprint density at radius 3 is 2.79 bits per heavy atom. The van der Waals surface area contributed by atoms with Crippen molar-refractivity contribution >= 4 is 11.6 Å². The molecule has 1 amide bonds. The molecule has 2 aromatic rings. The SMILES string of the molecule is CCn1ncc(N)c1C(=O)NC(C)c1cnn(C)c1. The van der Waals surface area contributed by atoms with Crippen LogP contribution in [-0.4, -0.2) is 25.5 Å². The molecule has 7 heteroatoms. The third-order valence-corrected chi connectivity index (χ3v) is 2.95. The molecular formula is C12H18N6O. The van der Waals surface area contributed by atoms with Gasteiger partial charge in [-0.05, 0) is 13.8 Å². The second-order valence-corrected chi connectivity index (χ2v) is 4.41. The van der Waals surface area contributed by atoms with Crippen LogP contribution in [-0.2, 0) is 13.6 Å². The second kappa shape index (κ2) is 5.13. The summed E-state index contributed by atoms with van der Waals surface area (Å²) in [6.45, 7) is 4.41. The third-order valence-electron chi connectivity index (χ3n) is 2.95. The fraction of sp³-hybridized carbons (Fsp3) is 0.417. The zero-order valence-corrected chi connectivity index (χ0v) is 11.3. The standard InChI is InChI=1S/C12H18N6O/c1-4-18-11(10(13)6-15-18)12(19)16-8(2)9-5-14-17(3)7-9/h5-8H,4,13H2,1-3H3,(H,16,19). The summed E-state index contributed by atoms with van der Waals surface area (Å²) < 4.78 is 3.28. The van der Waals surface area contributed by atoms with Gasteiger partial charge in [0.2, 0.25) is 0 Å². The average Bonchev–Trinajstić information content (AvgIpc) is 2.95. The molecule has 3 N–H and O–H groups in total. The Hall–Kier alpha value is -2.31. The number of nitrogens with one attached hydrogen (secondary N) is 1. The molecule has 2 heterocycles. The van der Waals surface area contributed by atoms with E-state index < -0.39 is 0 Å². The molecule has 0 aliphatic carbocycles. The Bertz CT molecular complexity index is 585. The van der Waals surface area contributed by atoms with Crippen LogP contribution in [0.3, 0.4) is 0 Å². The number of aryl methyl sites for hydroxylation is 2. The van der Waals surface area contributed by atoms with Gasteiger partial charge in [-0.1, -0.05) is 0 Å². The van der Waals surface area contributed by atoms with Crippen LogP contribution < -0.4 is 11.1 Å². The molecule has 0 saturated heterocycles. The minimum Gasteiger partial charge on any atom is -0.396 e. The summed E-state index contributed by atoms with van der Waals surface area (Å²) in [4.78, 5) is 12.2. The van der Waals surface area contributed by atoms with Crippen LogP contribution in [0, 0.1) is 0 Å². The minimum absolute atomic E-state index is 0.138. The molecule has 0 bridgehead atoms. The molecule has 7 nitrogen and oxygen atoms in total. The highest BCUT2D eigenvalue weighted by molar-refractivity contribution is 5.97. The van der Waals surface area contributed by atoms with Gasteiger partial charge in [-0.3, -0.25) is 14.2 Å². The fourth-order valence-electron chi connectivity index (χ4n) is 1.90. The van der Waals surface area contributed by atoms with Crippen LogP contribution >= 0.6 is 0 Å². The summed E-state index contributed by atoms with van der Waals surface area (Å²) in [6.07, 6.45) is 5.09. The molecule has 0 aliphatic rings. The van der Waals surface area contributed by atoms with E-state index in [1.54, 1.807) is 15.6 Å². The lowest BCUT2D eigenvalue weighted by molar-refractivity contribution is 0.0930. The Kier molecular flexibility index (Phi) is 3.55. The molecule has 0 spiro atoms. The maximum absolute atomic E-state index is 12.2. The van der Waals surface area contributed by atoms with E-state index in [9.17, 15) is 4.79 Å². The molecule has 2 aromatic heterocycles. The predicted molar refractivity (Wildman–Crippen MR) is 71.4 cm³/mol. The number of carbonyl (C=O) groups excluding carboxylic acids is 1. The number of nitrogen functional groups attached to an aromatic ring is 1. The molecule has 1 unspecified atom stereocenters. The minimum atomic E-state index is -0.229. The number of hydrogen-bond donors (Lipinski definition) is 2. The van der Waals surface area contributed by atoms with Crippen LogP contribution in [0.5, 0.6) is 0 Å². The Morgan fingerprint density at radius 2 is 2.21 bits per heavy atom. The fourth-order valence-corrected chi connectivity index (χ4v) is 1.90. The first-order valence-electron chi connectivity index (χ1n) is 6.13. The van der Waals surface area contributed by atoms with Gasteiger partial charge in [-0.15, -0.1) is 0 Å². The number of anilines is 1. The van der Waals surface area contributed by atoms with Gasteiger partial charge in [0.05, 0.1) is 24.1 Å². The first-order chi connectivity index (χ1) is 9.02. The van der Waals surface area contributed by atoms with Gasteiger partial charge >= 0.3 is 0 Å². The molecule has 0 fully saturated rings. The zero-order chi connectivity index (χ0) is 14.0. The molecule has 19 heavy (non-hydrogen) atoms. The lowest BCUT2D eigenvalue weighted by Crippen LogP contribution is -2.29.